The van der Waals surface area contributed by atoms with Gasteiger partial charge >= 0.3 is 6.16 Å². The van der Waals surface area contributed by atoms with E-state index in [0.29, 0.717) is 22.7 Å². The Morgan fingerprint density at radius 3 is 2.61 bits per heavy atom. The summed E-state index contributed by atoms with van der Waals surface area (Å²) < 4.78 is 39.6. The monoisotopic (exact) mass is 443 g/mol. The van der Waals surface area contributed by atoms with Crippen LogP contribution in [0.1, 0.15) is 11.1 Å². The van der Waals surface area contributed by atoms with Crippen LogP contribution in [-0.2, 0) is 13.2 Å². The van der Waals surface area contributed by atoms with Crippen LogP contribution in [0.5, 0.6) is 11.5 Å². The van der Waals surface area contributed by atoms with E-state index in [-0.39, 0.29) is 17.9 Å². The van der Waals surface area contributed by atoms with E-state index in [1.165, 1.54) is 12.1 Å². The van der Waals surface area contributed by atoms with Gasteiger partial charge in [0.25, 0.3) is 0 Å². The first-order chi connectivity index (χ1) is 14.9. The summed E-state index contributed by atoms with van der Waals surface area (Å²) in [5, 5.41) is 10.1. The molecule has 0 aliphatic carbocycles. The highest BCUT2D eigenvalue weighted by atomic mass is 35.5. The van der Waals surface area contributed by atoms with Gasteiger partial charge in [-0.2, -0.15) is 0 Å². The molecule has 0 saturated heterocycles. The number of ether oxygens (including phenoxy) is 2. The quantitative estimate of drug-likeness (QED) is 0.282. The third-order valence-electron chi connectivity index (χ3n) is 4.73. The summed E-state index contributed by atoms with van der Waals surface area (Å²) in [4.78, 5) is 10.9. The first kappa shape index (κ1) is 20.7. The van der Waals surface area contributed by atoms with E-state index >= 15 is 0 Å². The highest BCUT2D eigenvalue weighted by Gasteiger charge is 2.13. The van der Waals surface area contributed by atoms with E-state index in [9.17, 15) is 13.6 Å². The van der Waals surface area contributed by atoms with E-state index in [0.717, 1.165) is 17.1 Å². The predicted molar refractivity (Wildman–Crippen MR) is 112 cm³/mol. The van der Waals surface area contributed by atoms with Gasteiger partial charge in [-0.25, -0.2) is 13.6 Å². The maximum Gasteiger partial charge on any atom is 0.511 e. The number of hydrogen-bond acceptors (Lipinski definition) is 3. The Kier molecular flexibility index (Phi) is 5.77. The average Bonchev–Trinajstić information content (AvgIpc) is 3.12. The van der Waals surface area contributed by atoms with E-state index in [2.05, 4.69) is 0 Å². The summed E-state index contributed by atoms with van der Waals surface area (Å²) in [6.45, 7) is 0.283. The van der Waals surface area contributed by atoms with Crippen molar-refractivity contribution in [2.75, 3.05) is 0 Å². The Balaban J connectivity index is 1.62. The number of hydrogen-bond donors (Lipinski definition) is 1. The number of aromatic nitrogens is 1. The number of fused-ring (bicyclic) bond motifs is 1. The van der Waals surface area contributed by atoms with Gasteiger partial charge in [-0.05, 0) is 48.5 Å². The molecule has 3 aromatic carbocycles. The maximum absolute atomic E-state index is 13.9. The van der Waals surface area contributed by atoms with Crippen LogP contribution < -0.4 is 9.47 Å². The largest absolute Gasteiger partial charge is 0.511 e. The fourth-order valence-corrected chi connectivity index (χ4v) is 3.50. The minimum atomic E-state index is -1.39. The molecule has 0 amide bonds. The van der Waals surface area contributed by atoms with Crippen LogP contribution >= 0.6 is 11.6 Å². The SMILES string of the molecule is O=C(O)Oc1cccc2c1ccn2Cc1cc(Cl)ccc1OCc1ccc(F)cc1F. The predicted octanol–water partition coefficient (Wildman–Crippen LogP) is 6.26. The second kappa shape index (κ2) is 8.65. The van der Waals surface area contributed by atoms with Crippen LogP contribution in [0, 0.1) is 11.6 Å². The van der Waals surface area contributed by atoms with Gasteiger partial charge in [0.15, 0.2) is 0 Å². The van der Waals surface area contributed by atoms with Crippen LogP contribution in [0.4, 0.5) is 13.6 Å². The van der Waals surface area contributed by atoms with Crippen molar-refractivity contribution in [3.8, 4) is 11.5 Å². The highest BCUT2D eigenvalue weighted by molar-refractivity contribution is 6.30. The Labute approximate surface area is 181 Å². The van der Waals surface area contributed by atoms with Crippen molar-refractivity contribution < 1.29 is 28.2 Å². The molecule has 4 rings (SSSR count). The van der Waals surface area contributed by atoms with Gasteiger partial charge in [0.2, 0.25) is 0 Å². The van der Waals surface area contributed by atoms with E-state index in [4.69, 9.17) is 26.2 Å². The molecular weight excluding hydrogens is 428 g/mol. The van der Waals surface area contributed by atoms with Crippen molar-refractivity contribution in [1.29, 1.82) is 0 Å². The third kappa shape index (κ3) is 4.62. The molecule has 0 unspecified atom stereocenters. The summed E-state index contributed by atoms with van der Waals surface area (Å²) in [6.07, 6.45) is 0.405. The van der Waals surface area contributed by atoms with Gasteiger partial charge in [-0.3, -0.25) is 0 Å². The Bertz CT molecular complexity index is 1270. The van der Waals surface area contributed by atoms with Gasteiger partial charge in [-0.1, -0.05) is 17.7 Å². The number of carboxylic acid groups (broad SMARTS) is 1. The number of halogens is 3. The Morgan fingerprint density at radius 2 is 1.84 bits per heavy atom. The second-order valence-electron chi connectivity index (χ2n) is 6.78. The van der Waals surface area contributed by atoms with Crippen LogP contribution in [0.2, 0.25) is 5.02 Å². The van der Waals surface area contributed by atoms with Crippen LogP contribution in [-0.4, -0.2) is 15.8 Å². The topological polar surface area (TPSA) is 60.7 Å². The molecule has 0 aliphatic heterocycles. The second-order valence-corrected chi connectivity index (χ2v) is 7.21. The van der Waals surface area contributed by atoms with Crippen LogP contribution in [0.25, 0.3) is 10.9 Å². The third-order valence-corrected chi connectivity index (χ3v) is 4.97. The number of benzene rings is 3. The molecule has 0 atom stereocenters. The minimum absolute atomic E-state index is 0.0796. The lowest BCUT2D eigenvalue weighted by Crippen LogP contribution is -2.05. The molecular formula is C23H16ClF2NO4. The Hall–Kier alpha value is -3.58. The normalized spacial score (nSPS) is 10.9. The first-order valence-electron chi connectivity index (χ1n) is 9.24. The summed E-state index contributed by atoms with van der Waals surface area (Å²) in [5.41, 5.74) is 1.72. The van der Waals surface area contributed by atoms with Crippen molar-refractivity contribution in [3.63, 3.8) is 0 Å². The standard InChI is InChI=1S/C23H16ClF2NO4/c24-16-5-7-21(30-13-14-4-6-17(25)11-19(14)26)15(10-16)12-27-9-8-18-20(27)2-1-3-22(18)31-23(28)29/h1-11H,12-13H2,(H,28,29). The highest BCUT2D eigenvalue weighted by Crippen LogP contribution is 2.30. The van der Waals surface area contributed by atoms with Crippen molar-refractivity contribution in [1.82, 2.24) is 4.57 Å². The molecule has 4 aromatic rings. The van der Waals surface area contributed by atoms with Gasteiger partial charge in [0.1, 0.15) is 29.7 Å². The van der Waals surface area contributed by atoms with Gasteiger partial charge < -0.3 is 19.1 Å². The summed E-state index contributed by atoms with van der Waals surface area (Å²) in [7, 11) is 0. The van der Waals surface area contributed by atoms with Crippen molar-refractivity contribution >= 4 is 28.7 Å². The van der Waals surface area contributed by atoms with E-state index in [1.54, 1.807) is 42.6 Å². The fourth-order valence-electron chi connectivity index (χ4n) is 3.31. The van der Waals surface area contributed by atoms with E-state index < -0.39 is 17.8 Å². The minimum Gasteiger partial charge on any atom is -0.488 e. The first-order valence-corrected chi connectivity index (χ1v) is 9.62. The smallest absolute Gasteiger partial charge is 0.488 e. The van der Waals surface area contributed by atoms with Crippen molar-refractivity contribution in [2.45, 2.75) is 13.2 Å². The molecule has 1 aromatic heterocycles. The van der Waals surface area contributed by atoms with Gasteiger partial charge in [0.05, 0.1) is 12.1 Å². The summed E-state index contributed by atoms with van der Waals surface area (Å²) in [6, 6.07) is 15.3. The lowest BCUT2D eigenvalue weighted by molar-refractivity contribution is 0.145. The molecule has 1 N–H and O–H groups in total. The summed E-state index contributed by atoms with van der Waals surface area (Å²) >= 11 is 6.17. The fraction of sp³-hybridized carbons (Fsp3) is 0.0870. The Morgan fingerprint density at radius 1 is 1.00 bits per heavy atom. The van der Waals surface area contributed by atoms with Crippen LogP contribution in [0.15, 0.2) is 66.9 Å². The molecule has 1 heterocycles. The molecule has 0 aliphatic rings. The molecule has 31 heavy (non-hydrogen) atoms. The van der Waals surface area contributed by atoms with Crippen LogP contribution in [0.3, 0.4) is 0 Å². The zero-order valence-electron chi connectivity index (χ0n) is 16.0. The van der Waals surface area contributed by atoms with Gasteiger partial charge in [0, 0.05) is 33.8 Å². The van der Waals surface area contributed by atoms with Crippen molar-refractivity contribution in [3.05, 3.63) is 94.6 Å². The number of nitrogens with zero attached hydrogens (tertiary/aromatic N) is 1. The molecule has 0 saturated carbocycles. The number of rotatable bonds is 6. The molecule has 158 valence electrons. The van der Waals surface area contributed by atoms with E-state index in [1.807, 2.05) is 10.6 Å². The molecule has 0 spiro atoms. The van der Waals surface area contributed by atoms with Gasteiger partial charge in [-0.15, -0.1) is 0 Å². The molecule has 5 nitrogen and oxygen atoms in total. The lowest BCUT2D eigenvalue weighted by atomic mass is 10.2. The molecule has 0 fully saturated rings. The number of carbonyl (C=O) groups is 1. The molecule has 0 radical (unpaired) electrons. The summed E-state index contributed by atoms with van der Waals surface area (Å²) in [5.74, 6) is -0.608. The zero-order valence-corrected chi connectivity index (χ0v) is 16.8. The zero-order chi connectivity index (χ0) is 22.0. The van der Waals surface area contributed by atoms with Crippen molar-refractivity contribution in [2.24, 2.45) is 0 Å². The average molecular weight is 444 g/mol. The molecule has 0 bridgehead atoms. The lowest BCUT2D eigenvalue weighted by Gasteiger charge is -2.14. The maximum atomic E-state index is 13.9. The molecule has 8 heteroatoms.